The molecule has 3 aromatic rings. The molecular formula is C25H22ClN3O2S. The Morgan fingerprint density at radius 1 is 1.19 bits per heavy atom. The molecule has 32 heavy (non-hydrogen) atoms. The summed E-state index contributed by atoms with van der Waals surface area (Å²) in [6.45, 7) is 6.20. The van der Waals surface area contributed by atoms with Crippen molar-refractivity contribution in [2.24, 2.45) is 10.2 Å². The average Bonchev–Trinajstić information content (AvgIpc) is 3.35. The number of halogens is 1. The SMILES string of the molecule is C=CCN1C(=O)C(Cc2cccc(C)c2)S/C1=N/N=C/c1ccc(-c2ccc(Cl)cc2)o1. The summed E-state index contributed by atoms with van der Waals surface area (Å²) >= 11 is 7.37. The first-order valence-corrected chi connectivity index (χ1v) is 11.4. The van der Waals surface area contributed by atoms with Crippen LogP contribution in [0, 0.1) is 6.92 Å². The average molecular weight is 464 g/mol. The third-order valence-corrected chi connectivity index (χ3v) is 6.34. The van der Waals surface area contributed by atoms with Crippen molar-refractivity contribution in [1.82, 2.24) is 4.90 Å². The summed E-state index contributed by atoms with van der Waals surface area (Å²) in [7, 11) is 0. The third-order valence-electron chi connectivity index (χ3n) is 4.92. The van der Waals surface area contributed by atoms with Gasteiger partial charge in [-0.2, -0.15) is 5.10 Å². The number of amides is 1. The minimum Gasteiger partial charge on any atom is -0.455 e. The fourth-order valence-electron chi connectivity index (χ4n) is 3.39. The van der Waals surface area contributed by atoms with E-state index in [-0.39, 0.29) is 11.2 Å². The second-order valence-corrected chi connectivity index (χ2v) is 8.98. The number of hydrogen-bond donors (Lipinski definition) is 0. The van der Waals surface area contributed by atoms with Gasteiger partial charge < -0.3 is 4.42 Å². The smallest absolute Gasteiger partial charge is 0.242 e. The first-order valence-electron chi connectivity index (χ1n) is 10.1. The van der Waals surface area contributed by atoms with Crippen LogP contribution in [0.4, 0.5) is 0 Å². The summed E-state index contributed by atoms with van der Waals surface area (Å²) in [6, 6.07) is 19.3. The molecule has 2 aromatic carbocycles. The van der Waals surface area contributed by atoms with Crippen LogP contribution in [0.15, 0.2) is 87.9 Å². The zero-order valence-electron chi connectivity index (χ0n) is 17.6. The van der Waals surface area contributed by atoms with Crippen LogP contribution < -0.4 is 0 Å². The molecule has 1 aliphatic rings. The van der Waals surface area contributed by atoms with Crippen LogP contribution in [0.25, 0.3) is 11.3 Å². The number of aryl methyl sites for hydroxylation is 1. The first kappa shape index (κ1) is 22.1. The van der Waals surface area contributed by atoms with Crippen LogP contribution in [0.3, 0.4) is 0 Å². The third kappa shape index (κ3) is 5.21. The Balaban J connectivity index is 1.48. The van der Waals surface area contributed by atoms with E-state index in [1.54, 1.807) is 11.0 Å². The maximum absolute atomic E-state index is 12.9. The largest absolute Gasteiger partial charge is 0.455 e. The molecule has 0 aliphatic carbocycles. The Morgan fingerprint density at radius 2 is 2.00 bits per heavy atom. The predicted octanol–water partition coefficient (Wildman–Crippen LogP) is 5.97. The van der Waals surface area contributed by atoms with Crippen molar-refractivity contribution in [2.45, 2.75) is 18.6 Å². The van der Waals surface area contributed by atoms with E-state index in [2.05, 4.69) is 22.8 Å². The molecule has 5 nitrogen and oxygen atoms in total. The van der Waals surface area contributed by atoms with Gasteiger partial charge in [0.25, 0.3) is 0 Å². The van der Waals surface area contributed by atoms with E-state index in [9.17, 15) is 4.79 Å². The van der Waals surface area contributed by atoms with Crippen molar-refractivity contribution >= 4 is 40.7 Å². The van der Waals surface area contributed by atoms with Gasteiger partial charge in [-0.1, -0.05) is 59.3 Å². The Bertz CT molecular complexity index is 1180. The standard InChI is InChI=1S/C25H22ClN3O2S/c1-3-13-29-24(30)23(15-18-6-4-5-17(2)14-18)32-25(29)28-27-16-21-11-12-22(31-21)19-7-9-20(26)10-8-19/h3-12,14,16,23H,1,13,15H2,2H3/b27-16+,28-25+. The molecule has 1 unspecified atom stereocenters. The zero-order valence-corrected chi connectivity index (χ0v) is 19.1. The molecule has 0 bridgehead atoms. The molecule has 1 amide bonds. The van der Waals surface area contributed by atoms with Gasteiger partial charge in [-0.25, -0.2) is 0 Å². The summed E-state index contributed by atoms with van der Waals surface area (Å²) in [5, 5.41) is 9.47. The van der Waals surface area contributed by atoms with Gasteiger partial charge in [0.2, 0.25) is 5.91 Å². The van der Waals surface area contributed by atoms with Crippen LogP contribution >= 0.6 is 23.4 Å². The highest BCUT2D eigenvalue weighted by molar-refractivity contribution is 8.15. The lowest BCUT2D eigenvalue weighted by atomic mass is 10.1. The van der Waals surface area contributed by atoms with Crippen molar-refractivity contribution in [3.05, 3.63) is 95.2 Å². The van der Waals surface area contributed by atoms with Crippen LogP contribution in [0.2, 0.25) is 5.02 Å². The number of hydrogen-bond acceptors (Lipinski definition) is 5. The summed E-state index contributed by atoms with van der Waals surface area (Å²) in [5.74, 6) is 1.31. The maximum atomic E-state index is 12.9. The van der Waals surface area contributed by atoms with Gasteiger partial charge in [0.1, 0.15) is 11.5 Å². The molecular weight excluding hydrogens is 442 g/mol. The molecule has 1 atom stereocenters. The van der Waals surface area contributed by atoms with E-state index in [0.717, 1.165) is 11.1 Å². The van der Waals surface area contributed by atoms with Crippen molar-refractivity contribution in [1.29, 1.82) is 0 Å². The fraction of sp³-hybridized carbons (Fsp3) is 0.160. The minimum atomic E-state index is -0.231. The molecule has 1 saturated heterocycles. The molecule has 162 valence electrons. The highest BCUT2D eigenvalue weighted by Crippen LogP contribution is 2.30. The Morgan fingerprint density at radius 3 is 2.75 bits per heavy atom. The molecule has 4 rings (SSSR count). The Kier molecular flexibility index (Phi) is 6.93. The number of carbonyl (C=O) groups excluding carboxylic acids is 1. The summed E-state index contributed by atoms with van der Waals surface area (Å²) in [5.41, 5.74) is 3.23. The number of rotatable bonds is 7. The molecule has 1 aromatic heterocycles. The van der Waals surface area contributed by atoms with Gasteiger partial charge >= 0.3 is 0 Å². The van der Waals surface area contributed by atoms with Gasteiger partial charge in [-0.15, -0.1) is 11.7 Å². The molecule has 1 fully saturated rings. The maximum Gasteiger partial charge on any atom is 0.242 e. The molecule has 0 spiro atoms. The Labute approximate surface area is 196 Å². The number of nitrogens with zero attached hydrogens (tertiary/aromatic N) is 3. The molecule has 0 saturated carbocycles. The number of amidine groups is 1. The predicted molar refractivity (Wildman–Crippen MR) is 132 cm³/mol. The van der Waals surface area contributed by atoms with Crippen molar-refractivity contribution in [2.75, 3.05) is 6.54 Å². The monoisotopic (exact) mass is 463 g/mol. The van der Waals surface area contributed by atoms with Gasteiger partial charge in [-0.05, 0) is 55.3 Å². The van der Waals surface area contributed by atoms with E-state index in [4.69, 9.17) is 16.0 Å². The van der Waals surface area contributed by atoms with Crippen molar-refractivity contribution in [3.8, 4) is 11.3 Å². The van der Waals surface area contributed by atoms with Crippen LogP contribution in [0.1, 0.15) is 16.9 Å². The summed E-state index contributed by atoms with van der Waals surface area (Å²) in [6.07, 6.45) is 3.87. The number of benzene rings is 2. The highest BCUT2D eigenvalue weighted by Gasteiger charge is 2.37. The topological polar surface area (TPSA) is 58.2 Å². The second kappa shape index (κ2) is 10.0. The lowest BCUT2D eigenvalue weighted by Crippen LogP contribution is -2.32. The fourth-order valence-corrected chi connectivity index (χ4v) is 4.66. The van der Waals surface area contributed by atoms with Crippen LogP contribution in [0.5, 0.6) is 0 Å². The number of furan rings is 1. The second-order valence-electron chi connectivity index (χ2n) is 7.37. The van der Waals surface area contributed by atoms with E-state index >= 15 is 0 Å². The van der Waals surface area contributed by atoms with E-state index in [1.807, 2.05) is 61.5 Å². The van der Waals surface area contributed by atoms with Crippen LogP contribution in [-0.2, 0) is 11.2 Å². The van der Waals surface area contributed by atoms with E-state index < -0.39 is 0 Å². The van der Waals surface area contributed by atoms with Gasteiger partial charge in [0.05, 0.1) is 11.5 Å². The van der Waals surface area contributed by atoms with Crippen molar-refractivity contribution in [3.63, 3.8) is 0 Å². The highest BCUT2D eigenvalue weighted by atomic mass is 35.5. The summed E-state index contributed by atoms with van der Waals surface area (Å²) in [4.78, 5) is 14.5. The normalized spacial score (nSPS) is 17.6. The molecule has 7 heteroatoms. The van der Waals surface area contributed by atoms with E-state index in [1.165, 1.54) is 23.5 Å². The van der Waals surface area contributed by atoms with Gasteiger partial charge in [-0.3, -0.25) is 9.69 Å². The van der Waals surface area contributed by atoms with E-state index in [0.29, 0.717) is 34.7 Å². The lowest BCUT2D eigenvalue weighted by molar-refractivity contribution is -0.125. The summed E-state index contributed by atoms with van der Waals surface area (Å²) < 4.78 is 5.82. The number of thioether (sulfide) groups is 1. The number of carbonyl (C=O) groups is 1. The molecule has 0 radical (unpaired) electrons. The first-order chi connectivity index (χ1) is 15.5. The molecule has 2 heterocycles. The van der Waals surface area contributed by atoms with Gasteiger partial charge in [0.15, 0.2) is 5.17 Å². The minimum absolute atomic E-state index is 0.0216. The molecule has 1 aliphatic heterocycles. The van der Waals surface area contributed by atoms with Crippen molar-refractivity contribution < 1.29 is 9.21 Å². The molecule has 0 N–H and O–H groups in total. The van der Waals surface area contributed by atoms with Crippen LogP contribution in [-0.4, -0.2) is 34.0 Å². The Hall–Kier alpha value is -3.09. The zero-order chi connectivity index (χ0) is 22.5. The quantitative estimate of drug-likeness (QED) is 0.246. The lowest BCUT2D eigenvalue weighted by Gasteiger charge is -2.12. The van der Waals surface area contributed by atoms with Gasteiger partial charge in [0, 0.05) is 17.1 Å².